The number of hydrogen-bond donors (Lipinski definition) is 1. The van der Waals surface area contributed by atoms with Crippen LogP contribution >= 0.6 is 11.6 Å². The lowest BCUT2D eigenvalue weighted by Crippen LogP contribution is -2.35. The molecular formula is C10H18ClNO2. The maximum absolute atomic E-state index is 11.5. The lowest BCUT2D eigenvalue weighted by atomic mass is 10.2. The van der Waals surface area contributed by atoms with Gasteiger partial charge in [-0.1, -0.05) is 0 Å². The van der Waals surface area contributed by atoms with Gasteiger partial charge in [0.2, 0.25) is 5.91 Å². The van der Waals surface area contributed by atoms with Gasteiger partial charge in [0.25, 0.3) is 0 Å². The molecular weight excluding hydrogens is 202 g/mol. The Labute approximate surface area is 90.1 Å². The van der Waals surface area contributed by atoms with E-state index in [4.69, 9.17) is 16.3 Å². The second-order valence-corrected chi connectivity index (χ2v) is 4.08. The van der Waals surface area contributed by atoms with Crippen molar-refractivity contribution in [3.63, 3.8) is 0 Å². The molecule has 0 aromatic heterocycles. The summed E-state index contributed by atoms with van der Waals surface area (Å²) in [5.74, 6) is 0.691. The van der Waals surface area contributed by atoms with Crippen molar-refractivity contribution < 1.29 is 9.53 Å². The summed E-state index contributed by atoms with van der Waals surface area (Å²) < 4.78 is 5.44. The summed E-state index contributed by atoms with van der Waals surface area (Å²) in [6, 6.07) is 0. The number of alkyl halides is 1. The lowest BCUT2D eigenvalue weighted by Gasteiger charge is -2.11. The van der Waals surface area contributed by atoms with Crippen molar-refractivity contribution in [1.82, 2.24) is 5.32 Å². The Morgan fingerprint density at radius 2 is 2.29 bits per heavy atom. The van der Waals surface area contributed by atoms with Gasteiger partial charge in [-0.05, 0) is 32.6 Å². The number of rotatable bonds is 5. The largest absolute Gasteiger partial charge is 0.365 e. The van der Waals surface area contributed by atoms with E-state index in [2.05, 4.69) is 5.32 Å². The van der Waals surface area contributed by atoms with E-state index < -0.39 is 0 Å². The predicted octanol–water partition coefficient (Wildman–Crippen LogP) is 1.69. The van der Waals surface area contributed by atoms with E-state index in [0.717, 1.165) is 25.7 Å². The van der Waals surface area contributed by atoms with Gasteiger partial charge >= 0.3 is 0 Å². The highest BCUT2D eigenvalue weighted by atomic mass is 35.5. The Balaban J connectivity index is 2.09. The molecule has 0 aliphatic carbocycles. The van der Waals surface area contributed by atoms with Gasteiger partial charge in [-0.25, -0.2) is 0 Å². The molecule has 1 N–H and O–H groups in total. The zero-order valence-corrected chi connectivity index (χ0v) is 9.35. The molecule has 2 atom stereocenters. The van der Waals surface area contributed by atoms with Crippen LogP contribution in [0.2, 0.25) is 0 Å². The zero-order chi connectivity index (χ0) is 10.4. The number of hydrogen-bond acceptors (Lipinski definition) is 2. The quantitative estimate of drug-likeness (QED) is 0.565. The molecule has 0 radical (unpaired) electrons. The Morgan fingerprint density at radius 1 is 1.50 bits per heavy atom. The summed E-state index contributed by atoms with van der Waals surface area (Å²) in [5.41, 5.74) is 0. The first-order chi connectivity index (χ1) is 6.74. The highest BCUT2D eigenvalue weighted by molar-refractivity contribution is 6.17. The monoisotopic (exact) mass is 219 g/mol. The van der Waals surface area contributed by atoms with Gasteiger partial charge in [-0.2, -0.15) is 0 Å². The van der Waals surface area contributed by atoms with Crippen LogP contribution in [0.4, 0.5) is 0 Å². The maximum atomic E-state index is 11.5. The Kier molecular flexibility index (Phi) is 5.26. The number of amides is 1. The number of unbranched alkanes of at least 4 members (excludes halogenated alkanes) is 1. The van der Waals surface area contributed by atoms with Crippen LogP contribution in [0.5, 0.6) is 0 Å². The maximum Gasteiger partial charge on any atom is 0.249 e. The minimum Gasteiger partial charge on any atom is -0.365 e. The Morgan fingerprint density at radius 3 is 2.86 bits per heavy atom. The fraction of sp³-hybridized carbons (Fsp3) is 0.900. The van der Waals surface area contributed by atoms with E-state index in [1.54, 1.807) is 0 Å². The molecule has 2 unspecified atom stereocenters. The first-order valence-corrected chi connectivity index (χ1v) is 5.76. The summed E-state index contributed by atoms with van der Waals surface area (Å²) in [7, 11) is 0. The average molecular weight is 220 g/mol. The van der Waals surface area contributed by atoms with Crippen LogP contribution in [0, 0.1) is 0 Å². The molecule has 0 aromatic carbocycles. The second-order valence-electron chi connectivity index (χ2n) is 3.70. The van der Waals surface area contributed by atoms with Crippen LogP contribution in [-0.2, 0) is 9.53 Å². The van der Waals surface area contributed by atoms with E-state index in [1.807, 2.05) is 6.92 Å². The van der Waals surface area contributed by atoms with Crippen LogP contribution in [0.25, 0.3) is 0 Å². The molecule has 82 valence electrons. The highest BCUT2D eigenvalue weighted by Crippen LogP contribution is 2.18. The standard InChI is InChI=1S/C10H18ClNO2/c1-8-4-5-9(14-8)10(13)12-7-3-2-6-11/h8-9H,2-7H2,1H3,(H,12,13). The van der Waals surface area contributed by atoms with E-state index in [9.17, 15) is 4.79 Å². The van der Waals surface area contributed by atoms with E-state index >= 15 is 0 Å². The predicted molar refractivity (Wildman–Crippen MR) is 56.5 cm³/mol. The van der Waals surface area contributed by atoms with E-state index in [-0.39, 0.29) is 18.1 Å². The third kappa shape index (κ3) is 3.84. The number of carbonyl (C=O) groups is 1. The molecule has 1 amide bonds. The number of ether oxygens (including phenoxy) is 1. The molecule has 1 heterocycles. The third-order valence-corrected chi connectivity index (χ3v) is 2.65. The molecule has 0 spiro atoms. The van der Waals surface area contributed by atoms with Gasteiger partial charge in [-0.3, -0.25) is 4.79 Å². The lowest BCUT2D eigenvalue weighted by molar-refractivity contribution is -0.131. The van der Waals surface area contributed by atoms with Crippen molar-refractivity contribution in [2.75, 3.05) is 12.4 Å². The molecule has 4 heteroatoms. The van der Waals surface area contributed by atoms with Crippen molar-refractivity contribution >= 4 is 17.5 Å². The fourth-order valence-corrected chi connectivity index (χ4v) is 1.73. The van der Waals surface area contributed by atoms with Crippen LogP contribution in [-0.4, -0.2) is 30.5 Å². The zero-order valence-electron chi connectivity index (χ0n) is 8.59. The summed E-state index contributed by atoms with van der Waals surface area (Å²) in [4.78, 5) is 11.5. The molecule has 1 saturated heterocycles. The number of halogens is 1. The van der Waals surface area contributed by atoms with E-state index in [0.29, 0.717) is 12.4 Å². The topological polar surface area (TPSA) is 38.3 Å². The van der Waals surface area contributed by atoms with Gasteiger partial charge in [0.1, 0.15) is 6.10 Å². The molecule has 1 rings (SSSR count). The van der Waals surface area contributed by atoms with Gasteiger partial charge in [0.05, 0.1) is 6.10 Å². The first kappa shape index (κ1) is 11.8. The molecule has 0 aromatic rings. The minimum atomic E-state index is -0.221. The Hall–Kier alpha value is -0.280. The normalized spacial score (nSPS) is 26.4. The second kappa shape index (κ2) is 6.25. The number of nitrogens with one attached hydrogen (secondary N) is 1. The molecule has 0 saturated carbocycles. The summed E-state index contributed by atoms with van der Waals surface area (Å²) >= 11 is 5.53. The average Bonchev–Trinajstić information content (AvgIpc) is 2.59. The van der Waals surface area contributed by atoms with Crippen molar-refractivity contribution in [2.45, 2.75) is 44.8 Å². The van der Waals surface area contributed by atoms with Crippen molar-refractivity contribution in [3.8, 4) is 0 Å². The highest BCUT2D eigenvalue weighted by Gasteiger charge is 2.27. The van der Waals surface area contributed by atoms with Crippen LogP contribution in [0.3, 0.4) is 0 Å². The van der Waals surface area contributed by atoms with Gasteiger partial charge in [-0.15, -0.1) is 11.6 Å². The van der Waals surface area contributed by atoms with Crippen LogP contribution < -0.4 is 5.32 Å². The third-order valence-electron chi connectivity index (χ3n) is 2.38. The fourth-order valence-electron chi connectivity index (χ4n) is 1.54. The summed E-state index contributed by atoms with van der Waals surface area (Å²) in [5, 5.41) is 2.86. The van der Waals surface area contributed by atoms with Crippen molar-refractivity contribution in [1.29, 1.82) is 0 Å². The van der Waals surface area contributed by atoms with Crippen LogP contribution in [0.15, 0.2) is 0 Å². The minimum absolute atomic E-state index is 0.0314. The van der Waals surface area contributed by atoms with Gasteiger partial charge in [0, 0.05) is 12.4 Å². The van der Waals surface area contributed by atoms with Crippen molar-refractivity contribution in [2.24, 2.45) is 0 Å². The molecule has 1 fully saturated rings. The molecule has 3 nitrogen and oxygen atoms in total. The Bertz CT molecular complexity index is 187. The van der Waals surface area contributed by atoms with Crippen molar-refractivity contribution in [3.05, 3.63) is 0 Å². The van der Waals surface area contributed by atoms with Crippen LogP contribution in [0.1, 0.15) is 32.6 Å². The SMILES string of the molecule is CC1CCC(C(=O)NCCCCCl)O1. The summed E-state index contributed by atoms with van der Waals surface area (Å²) in [6.07, 6.45) is 3.73. The van der Waals surface area contributed by atoms with E-state index in [1.165, 1.54) is 0 Å². The molecule has 14 heavy (non-hydrogen) atoms. The summed E-state index contributed by atoms with van der Waals surface area (Å²) in [6.45, 7) is 2.71. The first-order valence-electron chi connectivity index (χ1n) is 5.23. The number of carbonyl (C=O) groups excluding carboxylic acids is 1. The smallest absolute Gasteiger partial charge is 0.249 e. The molecule has 1 aliphatic rings. The van der Waals surface area contributed by atoms with Gasteiger partial charge in [0.15, 0.2) is 0 Å². The van der Waals surface area contributed by atoms with Gasteiger partial charge < -0.3 is 10.1 Å². The molecule has 0 bridgehead atoms. The molecule has 1 aliphatic heterocycles.